The SMILES string of the molecule is CCN1C(=O)C(C)(C)c2ncccc21. The van der Waals surface area contributed by atoms with E-state index >= 15 is 0 Å². The first kappa shape index (κ1) is 9.19. The summed E-state index contributed by atoms with van der Waals surface area (Å²) in [5.41, 5.74) is 1.39. The van der Waals surface area contributed by atoms with Crippen LogP contribution in [0.25, 0.3) is 0 Å². The average molecular weight is 190 g/mol. The maximum atomic E-state index is 12.0. The number of likely N-dealkylation sites (N-methyl/N-ethyl adjacent to an activating group) is 1. The molecule has 2 rings (SSSR count). The summed E-state index contributed by atoms with van der Waals surface area (Å²) in [7, 11) is 0. The fourth-order valence-corrected chi connectivity index (χ4v) is 1.96. The van der Waals surface area contributed by atoms with Gasteiger partial charge in [-0.3, -0.25) is 9.78 Å². The molecule has 0 unspecified atom stereocenters. The summed E-state index contributed by atoms with van der Waals surface area (Å²) in [6, 6.07) is 3.83. The molecule has 1 amide bonds. The monoisotopic (exact) mass is 190 g/mol. The molecule has 0 fully saturated rings. The largest absolute Gasteiger partial charge is 0.310 e. The third-order valence-corrected chi connectivity index (χ3v) is 2.77. The average Bonchev–Trinajstić information content (AvgIpc) is 2.37. The standard InChI is InChI=1S/C11H14N2O/c1-4-13-8-6-5-7-12-9(8)11(2,3)10(13)14/h5-7H,4H2,1-3H3. The van der Waals surface area contributed by atoms with Gasteiger partial charge in [-0.1, -0.05) is 0 Å². The Morgan fingerprint density at radius 3 is 2.86 bits per heavy atom. The van der Waals surface area contributed by atoms with Crippen LogP contribution < -0.4 is 4.90 Å². The quantitative estimate of drug-likeness (QED) is 0.675. The number of anilines is 1. The molecular formula is C11H14N2O. The Kier molecular flexibility index (Phi) is 1.84. The van der Waals surface area contributed by atoms with Gasteiger partial charge in [0, 0.05) is 12.7 Å². The second-order valence-corrected chi connectivity index (χ2v) is 4.05. The molecule has 2 heterocycles. The Labute approximate surface area is 83.8 Å². The minimum atomic E-state index is -0.466. The van der Waals surface area contributed by atoms with E-state index in [4.69, 9.17) is 0 Å². The van der Waals surface area contributed by atoms with E-state index in [1.165, 1.54) is 0 Å². The van der Waals surface area contributed by atoms with Gasteiger partial charge in [0.2, 0.25) is 5.91 Å². The van der Waals surface area contributed by atoms with Gasteiger partial charge in [-0.15, -0.1) is 0 Å². The molecule has 3 nitrogen and oxygen atoms in total. The van der Waals surface area contributed by atoms with Crippen molar-refractivity contribution in [3.8, 4) is 0 Å². The molecule has 0 spiro atoms. The van der Waals surface area contributed by atoms with Crippen LogP contribution in [0.3, 0.4) is 0 Å². The number of amides is 1. The van der Waals surface area contributed by atoms with Crippen LogP contribution in [0.4, 0.5) is 5.69 Å². The smallest absolute Gasteiger partial charge is 0.238 e. The van der Waals surface area contributed by atoms with E-state index in [-0.39, 0.29) is 5.91 Å². The number of carbonyl (C=O) groups excluding carboxylic acids is 1. The lowest BCUT2D eigenvalue weighted by atomic mass is 9.90. The lowest BCUT2D eigenvalue weighted by Gasteiger charge is -2.17. The molecule has 3 heteroatoms. The molecule has 14 heavy (non-hydrogen) atoms. The maximum Gasteiger partial charge on any atom is 0.238 e. The minimum absolute atomic E-state index is 0.147. The van der Waals surface area contributed by atoms with Crippen LogP contribution in [-0.2, 0) is 10.2 Å². The Morgan fingerprint density at radius 2 is 2.21 bits per heavy atom. The molecule has 0 atom stereocenters. The van der Waals surface area contributed by atoms with E-state index in [0.29, 0.717) is 6.54 Å². The van der Waals surface area contributed by atoms with Crippen molar-refractivity contribution in [3.05, 3.63) is 24.0 Å². The van der Waals surface area contributed by atoms with E-state index in [0.717, 1.165) is 11.4 Å². The highest BCUT2D eigenvalue weighted by Crippen LogP contribution is 2.39. The predicted octanol–water partition coefficient (Wildman–Crippen LogP) is 1.73. The highest BCUT2D eigenvalue weighted by molar-refractivity contribution is 6.06. The van der Waals surface area contributed by atoms with Crippen molar-refractivity contribution in [1.82, 2.24) is 4.98 Å². The summed E-state index contributed by atoms with van der Waals surface area (Å²) in [5, 5.41) is 0. The number of pyridine rings is 1. The zero-order valence-corrected chi connectivity index (χ0v) is 8.74. The van der Waals surface area contributed by atoms with Crippen molar-refractivity contribution in [3.63, 3.8) is 0 Å². The van der Waals surface area contributed by atoms with E-state index in [1.54, 1.807) is 11.1 Å². The third kappa shape index (κ3) is 0.983. The molecule has 0 bridgehead atoms. The summed E-state index contributed by atoms with van der Waals surface area (Å²) in [5.74, 6) is 0.147. The van der Waals surface area contributed by atoms with Crippen LogP contribution in [0.5, 0.6) is 0 Å². The second-order valence-electron chi connectivity index (χ2n) is 4.05. The number of fused-ring (bicyclic) bond motifs is 1. The van der Waals surface area contributed by atoms with E-state index < -0.39 is 5.41 Å². The minimum Gasteiger partial charge on any atom is -0.310 e. The number of rotatable bonds is 1. The first-order valence-corrected chi connectivity index (χ1v) is 4.86. The van der Waals surface area contributed by atoms with Crippen LogP contribution in [0.2, 0.25) is 0 Å². The number of hydrogen-bond donors (Lipinski definition) is 0. The zero-order valence-electron chi connectivity index (χ0n) is 8.74. The van der Waals surface area contributed by atoms with E-state index in [9.17, 15) is 4.79 Å². The van der Waals surface area contributed by atoms with Gasteiger partial charge in [-0.25, -0.2) is 0 Å². The van der Waals surface area contributed by atoms with Gasteiger partial charge in [-0.2, -0.15) is 0 Å². The van der Waals surface area contributed by atoms with Crippen LogP contribution in [0, 0.1) is 0 Å². The fraction of sp³-hybridized carbons (Fsp3) is 0.455. The van der Waals surface area contributed by atoms with Crippen molar-refractivity contribution in [1.29, 1.82) is 0 Å². The molecule has 0 saturated heterocycles. The highest BCUT2D eigenvalue weighted by atomic mass is 16.2. The molecular weight excluding hydrogens is 176 g/mol. The van der Waals surface area contributed by atoms with E-state index in [1.807, 2.05) is 32.9 Å². The summed E-state index contributed by atoms with van der Waals surface area (Å²) in [6.07, 6.45) is 1.74. The first-order chi connectivity index (χ1) is 6.59. The molecule has 1 aliphatic heterocycles. The Hall–Kier alpha value is -1.38. The van der Waals surface area contributed by atoms with Gasteiger partial charge in [0.05, 0.1) is 16.8 Å². The van der Waals surface area contributed by atoms with Gasteiger partial charge in [0.15, 0.2) is 0 Å². The lowest BCUT2D eigenvalue weighted by Crippen LogP contribution is -2.36. The maximum absolute atomic E-state index is 12.0. The van der Waals surface area contributed by atoms with E-state index in [2.05, 4.69) is 4.98 Å². The van der Waals surface area contributed by atoms with Crippen molar-refractivity contribution in [2.45, 2.75) is 26.2 Å². The van der Waals surface area contributed by atoms with Crippen LogP contribution in [0.15, 0.2) is 18.3 Å². The lowest BCUT2D eigenvalue weighted by molar-refractivity contribution is -0.122. The molecule has 1 aliphatic rings. The van der Waals surface area contributed by atoms with Crippen LogP contribution in [0.1, 0.15) is 26.5 Å². The summed E-state index contributed by atoms with van der Waals surface area (Å²) >= 11 is 0. The molecule has 1 aromatic rings. The van der Waals surface area contributed by atoms with Crippen LogP contribution in [-0.4, -0.2) is 17.4 Å². The predicted molar refractivity (Wildman–Crippen MR) is 55.3 cm³/mol. The normalized spacial score (nSPS) is 18.5. The second kappa shape index (κ2) is 2.80. The molecule has 74 valence electrons. The van der Waals surface area contributed by atoms with Gasteiger partial charge in [-0.05, 0) is 32.9 Å². The third-order valence-electron chi connectivity index (χ3n) is 2.77. The van der Waals surface area contributed by atoms with Crippen molar-refractivity contribution in [2.75, 3.05) is 11.4 Å². The molecule has 0 radical (unpaired) electrons. The number of hydrogen-bond acceptors (Lipinski definition) is 2. The molecule has 0 aliphatic carbocycles. The Bertz CT molecular complexity index is 385. The fourth-order valence-electron chi connectivity index (χ4n) is 1.96. The van der Waals surface area contributed by atoms with Gasteiger partial charge >= 0.3 is 0 Å². The molecule has 0 aromatic carbocycles. The number of carbonyl (C=O) groups is 1. The van der Waals surface area contributed by atoms with Gasteiger partial charge in [0.1, 0.15) is 0 Å². The first-order valence-electron chi connectivity index (χ1n) is 4.86. The number of nitrogens with zero attached hydrogens (tertiary/aromatic N) is 2. The Balaban J connectivity index is 2.62. The topological polar surface area (TPSA) is 33.2 Å². The van der Waals surface area contributed by atoms with Crippen molar-refractivity contribution < 1.29 is 4.79 Å². The zero-order chi connectivity index (χ0) is 10.3. The summed E-state index contributed by atoms with van der Waals surface area (Å²) < 4.78 is 0. The Morgan fingerprint density at radius 1 is 1.50 bits per heavy atom. The molecule has 1 aromatic heterocycles. The van der Waals surface area contributed by atoms with Crippen molar-refractivity contribution >= 4 is 11.6 Å². The highest BCUT2D eigenvalue weighted by Gasteiger charge is 2.44. The summed E-state index contributed by atoms with van der Waals surface area (Å²) in [6.45, 7) is 6.55. The van der Waals surface area contributed by atoms with Crippen LogP contribution >= 0.6 is 0 Å². The number of aromatic nitrogens is 1. The van der Waals surface area contributed by atoms with Gasteiger partial charge in [0.25, 0.3) is 0 Å². The van der Waals surface area contributed by atoms with Crippen molar-refractivity contribution in [2.24, 2.45) is 0 Å². The molecule has 0 N–H and O–H groups in total. The summed E-state index contributed by atoms with van der Waals surface area (Å²) in [4.78, 5) is 18.1. The van der Waals surface area contributed by atoms with Gasteiger partial charge < -0.3 is 4.90 Å². The molecule has 0 saturated carbocycles.